The van der Waals surface area contributed by atoms with Crippen LogP contribution in [-0.4, -0.2) is 49.9 Å². The number of hydrogen-bond acceptors (Lipinski definition) is 5. The molecule has 210 valence electrons. The van der Waals surface area contributed by atoms with Gasteiger partial charge in [0.15, 0.2) is 0 Å². The summed E-state index contributed by atoms with van der Waals surface area (Å²) >= 11 is 0. The van der Waals surface area contributed by atoms with Gasteiger partial charge < -0.3 is 19.0 Å². The first-order chi connectivity index (χ1) is 17.1. The fourth-order valence-corrected chi connectivity index (χ4v) is 11.5. The van der Waals surface area contributed by atoms with Gasteiger partial charge in [-0.3, -0.25) is 4.79 Å². The summed E-state index contributed by atoms with van der Waals surface area (Å²) in [5, 5.41) is 10.1. The van der Waals surface area contributed by atoms with Crippen LogP contribution in [0.25, 0.3) is 0 Å². The van der Waals surface area contributed by atoms with Crippen molar-refractivity contribution in [2.75, 3.05) is 0 Å². The highest BCUT2D eigenvalue weighted by Gasteiger charge is 2.49. The zero-order valence-electron chi connectivity index (χ0n) is 24.8. The smallest absolute Gasteiger partial charge is 0.308 e. The number of cyclic esters (lactones) is 1. The quantitative estimate of drug-likeness (QED) is 0.0940. The van der Waals surface area contributed by atoms with Crippen molar-refractivity contribution in [2.45, 2.75) is 129 Å². The third kappa shape index (κ3) is 7.78. The molecule has 5 nitrogen and oxygen atoms in total. The van der Waals surface area contributed by atoms with E-state index in [1.807, 2.05) is 6.92 Å². The standard InChI is InChI=1S/C31H52O5Si/c1-18(2)24(11)27(36-37(19(3)4,20(5)6)21(7)8)14-13-22(9)15-28-31(35-28)29-16-23(10)25(12)26(32)17-30(33)34-29/h13-14,19-21,24-29,31-32H,1,9-10,15-17H2,2-8,11-12H3/b14-13+/t24-,25-,26?,27+,28+,29+,31-/m0/s1. The summed E-state index contributed by atoms with van der Waals surface area (Å²) in [4.78, 5) is 12.2. The number of aliphatic hydroxyl groups excluding tert-OH is 1. The fraction of sp³-hybridized carbons (Fsp3) is 0.710. The zero-order valence-corrected chi connectivity index (χ0v) is 25.8. The molecule has 0 spiro atoms. The molecular formula is C31H52O5Si. The Morgan fingerprint density at radius 1 is 1.11 bits per heavy atom. The van der Waals surface area contributed by atoms with Crippen LogP contribution < -0.4 is 0 Å². The number of carbonyl (C=O) groups is 1. The van der Waals surface area contributed by atoms with Gasteiger partial charge in [-0.2, -0.15) is 0 Å². The van der Waals surface area contributed by atoms with Crippen molar-refractivity contribution in [3.05, 3.63) is 48.6 Å². The van der Waals surface area contributed by atoms with Crippen LogP contribution in [0.1, 0.15) is 81.6 Å². The number of allylic oxidation sites excluding steroid dienone is 1. The molecule has 0 aliphatic carbocycles. The van der Waals surface area contributed by atoms with Crippen LogP contribution >= 0.6 is 0 Å². The molecule has 0 aromatic rings. The van der Waals surface area contributed by atoms with Gasteiger partial charge in [-0.05, 0) is 23.5 Å². The monoisotopic (exact) mass is 532 g/mol. The minimum absolute atomic E-state index is 0.0141. The second-order valence-corrected chi connectivity index (χ2v) is 17.8. The number of ether oxygens (including phenoxy) is 2. The summed E-state index contributed by atoms with van der Waals surface area (Å²) in [5.74, 6) is -0.336. The van der Waals surface area contributed by atoms with Crippen molar-refractivity contribution in [1.82, 2.24) is 0 Å². The van der Waals surface area contributed by atoms with Gasteiger partial charge in [0.2, 0.25) is 8.32 Å². The van der Waals surface area contributed by atoms with Crippen molar-refractivity contribution >= 4 is 14.3 Å². The molecule has 0 bridgehead atoms. The lowest BCUT2D eigenvalue weighted by Crippen LogP contribution is -2.51. The summed E-state index contributed by atoms with van der Waals surface area (Å²) in [7, 11) is -2.08. The Morgan fingerprint density at radius 3 is 2.19 bits per heavy atom. The molecule has 0 amide bonds. The molecule has 2 aliphatic heterocycles. The number of aliphatic hydroxyl groups is 1. The van der Waals surface area contributed by atoms with Crippen molar-refractivity contribution in [1.29, 1.82) is 0 Å². The predicted octanol–water partition coefficient (Wildman–Crippen LogP) is 7.29. The first kappa shape index (κ1) is 31.7. The highest BCUT2D eigenvalue weighted by Crippen LogP contribution is 2.44. The second-order valence-electron chi connectivity index (χ2n) is 12.3. The molecule has 1 N–H and O–H groups in total. The Hall–Kier alpha value is -1.47. The summed E-state index contributed by atoms with van der Waals surface area (Å²) < 4.78 is 18.7. The predicted molar refractivity (Wildman–Crippen MR) is 155 cm³/mol. The molecule has 6 heteroatoms. The second kappa shape index (κ2) is 13.1. The summed E-state index contributed by atoms with van der Waals surface area (Å²) in [6.07, 6.45) is 3.99. The maximum absolute atomic E-state index is 12.2. The van der Waals surface area contributed by atoms with Crippen molar-refractivity contribution < 1.29 is 23.8 Å². The van der Waals surface area contributed by atoms with Crippen LogP contribution in [0.4, 0.5) is 0 Å². The highest BCUT2D eigenvalue weighted by atomic mass is 28.4. The number of epoxide rings is 1. The van der Waals surface area contributed by atoms with Gasteiger partial charge >= 0.3 is 5.97 Å². The maximum Gasteiger partial charge on any atom is 0.308 e. The van der Waals surface area contributed by atoms with Gasteiger partial charge in [0, 0.05) is 24.7 Å². The summed E-state index contributed by atoms with van der Waals surface area (Å²) in [6.45, 7) is 32.6. The van der Waals surface area contributed by atoms with E-state index in [-0.39, 0.29) is 48.6 Å². The SMILES string of the molecule is C=C(/C=C/[C@@H](O[Si](C(C)C)(C(C)C)C(C)C)[C@@H](C)C(=C)C)C[C@H]1O[C@@H]1[C@H]1CC(=C)[C@H](C)C(O)CC(=O)O1. The molecular weight excluding hydrogens is 480 g/mol. The average molecular weight is 533 g/mol. The van der Waals surface area contributed by atoms with Gasteiger partial charge in [-0.25, -0.2) is 0 Å². The van der Waals surface area contributed by atoms with Crippen molar-refractivity contribution in [3.8, 4) is 0 Å². The Bertz CT molecular complexity index is 851. The Morgan fingerprint density at radius 2 is 1.68 bits per heavy atom. The number of carbonyl (C=O) groups excluding carboxylic acids is 1. The lowest BCUT2D eigenvalue weighted by molar-refractivity contribution is -0.154. The van der Waals surface area contributed by atoms with Crippen LogP contribution in [0, 0.1) is 11.8 Å². The third-order valence-corrected chi connectivity index (χ3v) is 14.7. The first-order valence-electron chi connectivity index (χ1n) is 14.0. The van der Waals surface area contributed by atoms with Gasteiger partial charge in [0.05, 0.1) is 24.7 Å². The van der Waals surface area contributed by atoms with E-state index in [2.05, 4.69) is 87.3 Å². The molecule has 2 rings (SSSR count). The first-order valence-corrected chi connectivity index (χ1v) is 16.2. The molecule has 2 heterocycles. The van der Waals surface area contributed by atoms with Gasteiger partial charge in [0.25, 0.3) is 0 Å². The fourth-order valence-electron chi connectivity index (χ4n) is 5.94. The van der Waals surface area contributed by atoms with Crippen LogP contribution in [0.2, 0.25) is 16.6 Å². The van der Waals surface area contributed by atoms with E-state index in [1.165, 1.54) is 0 Å². The Kier molecular flexibility index (Phi) is 11.2. The van der Waals surface area contributed by atoms with E-state index in [4.69, 9.17) is 13.9 Å². The van der Waals surface area contributed by atoms with E-state index < -0.39 is 14.4 Å². The summed E-state index contributed by atoms with van der Waals surface area (Å²) in [5.41, 5.74) is 4.44. The van der Waals surface area contributed by atoms with Crippen LogP contribution in [0.15, 0.2) is 48.6 Å². The van der Waals surface area contributed by atoms with Crippen LogP contribution in [0.3, 0.4) is 0 Å². The van der Waals surface area contributed by atoms with E-state index >= 15 is 0 Å². The highest BCUT2D eigenvalue weighted by molar-refractivity contribution is 6.77. The van der Waals surface area contributed by atoms with E-state index in [1.54, 1.807) is 0 Å². The van der Waals surface area contributed by atoms with Crippen LogP contribution in [-0.2, 0) is 18.7 Å². The normalized spacial score (nSPS) is 28.8. The van der Waals surface area contributed by atoms with Crippen molar-refractivity contribution in [3.63, 3.8) is 0 Å². The topological polar surface area (TPSA) is 68.3 Å². The van der Waals surface area contributed by atoms with E-state index in [9.17, 15) is 9.90 Å². The molecule has 0 aromatic carbocycles. The molecule has 0 radical (unpaired) electrons. The number of esters is 1. The molecule has 0 aromatic heterocycles. The molecule has 37 heavy (non-hydrogen) atoms. The third-order valence-electron chi connectivity index (χ3n) is 8.63. The molecule has 1 unspecified atom stereocenters. The molecule has 2 saturated heterocycles. The van der Waals surface area contributed by atoms with E-state index in [0.717, 1.165) is 16.7 Å². The van der Waals surface area contributed by atoms with E-state index in [0.29, 0.717) is 29.5 Å². The molecule has 2 aliphatic rings. The summed E-state index contributed by atoms with van der Waals surface area (Å²) in [6, 6.07) is 0. The van der Waals surface area contributed by atoms with Gasteiger partial charge in [-0.1, -0.05) is 104 Å². The Balaban J connectivity index is 2.10. The van der Waals surface area contributed by atoms with Crippen molar-refractivity contribution in [2.24, 2.45) is 11.8 Å². The largest absolute Gasteiger partial charge is 0.459 e. The Labute approximate surface area is 227 Å². The number of hydrogen-bond donors (Lipinski definition) is 1. The lowest BCUT2D eigenvalue weighted by Gasteiger charge is -2.45. The molecule has 7 atom stereocenters. The lowest BCUT2D eigenvalue weighted by atomic mass is 9.88. The average Bonchev–Trinajstić information content (AvgIpc) is 3.54. The van der Waals surface area contributed by atoms with Gasteiger partial charge in [0.1, 0.15) is 12.2 Å². The molecule has 0 saturated carbocycles. The minimum atomic E-state index is -2.08. The maximum atomic E-state index is 12.2. The number of rotatable bonds is 12. The molecule has 2 fully saturated rings. The van der Waals surface area contributed by atoms with Crippen LogP contribution in [0.5, 0.6) is 0 Å². The van der Waals surface area contributed by atoms with Gasteiger partial charge in [-0.15, -0.1) is 0 Å². The minimum Gasteiger partial charge on any atom is -0.459 e. The zero-order chi connectivity index (χ0) is 28.2.